The highest BCUT2D eigenvalue weighted by molar-refractivity contribution is 7.09. The highest BCUT2D eigenvalue weighted by atomic mass is 32.1. The van der Waals surface area contributed by atoms with Gasteiger partial charge in [0.2, 0.25) is 0 Å². The summed E-state index contributed by atoms with van der Waals surface area (Å²) in [5.41, 5.74) is 1.07. The fourth-order valence-corrected chi connectivity index (χ4v) is 2.81. The summed E-state index contributed by atoms with van der Waals surface area (Å²) < 4.78 is 5.62. The first-order valence-electron chi connectivity index (χ1n) is 8.15. The van der Waals surface area contributed by atoms with Gasteiger partial charge in [0.25, 0.3) is 0 Å². The van der Waals surface area contributed by atoms with Gasteiger partial charge in [-0.05, 0) is 25.2 Å². The highest BCUT2D eigenvalue weighted by Crippen LogP contribution is 2.28. The molecule has 2 rings (SSSR count). The summed E-state index contributed by atoms with van der Waals surface area (Å²) in [6, 6.07) is 0. The standard InChI is InChI=1S/C16H28N4OS/c1-12(2)15-20-14(11-22-15)9-19-16(17-3)18-7-4-8-21-10-13-5-6-13/h11-13H,4-10H2,1-3H3,(H2,17,18,19). The Labute approximate surface area is 137 Å². The minimum atomic E-state index is 0.492. The molecule has 0 amide bonds. The fourth-order valence-electron chi connectivity index (χ4n) is 1.98. The third kappa shape index (κ3) is 6.32. The second kappa shape index (κ2) is 9.10. The van der Waals surface area contributed by atoms with Crippen molar-refractivity contribution in [2.24, 2.45) is 10.9 Å². The molecule has 2 N–H and O–H groups in total. The molecule has 5 nitrogen and oxygen atoms in total. The summed E-state index contributed by atoms with van der Waals surface area (Å²) in [7, 11) is 1.79. The Morgan fingerprint density at radius 2 is 2.27 bits per heavy atom. The Morgan fingerprint density at radius 3 is 2.91 bits per heavy atom. The molecule has 0 unspecified atom stereocenters. The maximum absolute atomic E-state index is 5.62. The predicted molar refractivity (Wildman–Crippen MR) is 92.6 cm³/mol. The van der Waals surface area contributed by atoms with Crippen molar-refractivity contribution >= 4 is 17.3 Å². The van der Waals surface area contributed by atoms with Gasteiger partial charge < -0.3 is 15.4 Å². The van der Waals surface area contributed by atoms with Crippen LogP contribution in [0, 0.1) is 5.92 Å². The topological polar surface area (TPSA) is 58.5 Å². The van der Waals surface area contributed by atoms with Gasteiger partial charge >= 0.3 is 0 Å². The SMILES string of the molecule is CN=C(NCCCOCC1CC1)NCc1csc(C(C)C)n1. The summed E-state index contributed by atoms with van der Waals surface area (Å²) in [5.74, 6) is 2.16. The van der Waals surface area contributed by atoms with Crippen LogP contribution in [0.3, 0.4) is 0 Å². The van der Waals surface area contributed by atoms with Crippen LogP contribution in [0.5, 0.6) is 0 Å². The molecule has 6 heteroatoms. The Balaban J connectivity index is 1.57. The lowest BCUT2D eigenvalue weighted by atomic mass is 10.2. The molecule has 1 heterocycles. The van der Waals surface area contributed by atoms with E-state index in [2.05, 4.69) is 39.8 Å². The lowest BCUT2D eigenvalue weighted by molar-refractivity contribution is 0.123. The van der Waals surface area contributed by atoms with Crippen LogP contribution >= 0.6 is 11.3 Å². The summed E-state index contributed by atoms with van der Waals surface area (Å²) in [5, 5.41) is 9.91. The van der Waals surface area contributed by atoms with E-state index in [-0.39, 0.29) is 0 Å². The zero-order valence-electron chi connectivity index (χ0n) is 13.9. The molecular weight excluding hydrogens is 296 g/mol. The summed E-state index contributed by atoms with van der Waals surface area (Å²) in [6.07, 6.45) is 3.70. The normalized spacial score (nSPS) is 15.4. The van der Waals surface area contributed by atoms with Crippen LogP contribution in [-0.2, 0) is 11.3 Å². The Morgan fingerprint density at radius 1 is 1.45 bits per heavy atom. The largest absolute Gasteiger partial charge is 0.381 e. The second-order valence-electron chi connectivity index (χ2n) is 6.06. The fraction of sp³-hybridized carbons (Fsp3) is 0.750. The zero-order chi connectivity index (χ0) is 15.8. The van der Waals surface area contributed by atoms with Gasteiger partial charge in [-0.2, -0.15) is 0 Å². The number of thiazole rings is 1. The van der Waals surface area contributed by atoms with Crippen LogP contribution in [-0.4, -0.2) is 37.7 Å². The molecule has 0 atom stereocenters. The maximum Gasteiger partial charge on any atom is 0.191 e. The number of aliphatic imine (C=N–C) groups is 1. The van der Waals surface area contributed by atoms with Gasteiger partial charge in [0, 0.05) is 38.1 Å². The Hall–Kier alpha value is -1.14. The minimum Gasteiger partial charge on any atom is -0.381 e. The number of ether oxygens (including phenoxy) is 1. The lowest BCUT2D eigenvalue weighted by Gasteiger charge is -2.11. The molecule has 124 valence electrons. The third-order valence-electron chi connectivity index (χ3n) is 3.53. The van der Waals surface area contributed by atoms with Crippen LogP contribution in [0.15, 0.2) is 10.4 Å². The number of rotatable bonds is 9. The van der Waals surface area contributed by atoms with Crippen LogP contribution < -0.4 is 10.6 Å². The van der Waals surface area contributed by atoms with E-state index in [1.54, 1.807) is 18.4 Å². The van der Waals surface area contributed by atoms with Crippen molar-refractivity contribution in [2.75, 3.05) is 26.8 Å². The zero-order valence-corrected chi connectivity index (χ0v) is 14.7. The van der Waals surface area contributed by atoms with E-state index >= 15 is 0 Å². The molecule has 1 saturated carbocycles. The van der Waals surface area contributed by atoms with Gasteiger partial charge in [-0.1, -0.05) is 13.8 Å². The molecule has 0 aliphatic heterocycles. The molecule has 0 aromatic carbocycles. The summed E-state index contributed by atoms with van der Waals surface area (Å²) >= 11 is 1.72. The van der Waals surface area contributed by atoms with Crippen LogP contribution in [0.2, 0.25) is 0 Å². The molecule has 0 radical (unpaired) electrons. The molecule has 0 bridgehead atoms. The number of guanidine groups is 1. The number of hydrogen-bond acceptors (Lipinski definition) is 4. The quantitative estimate of drug-likeness (QED) is 0.417. The van der Waals surface area contributed by atoms with E-state index < -0.39 is 0 Å². The van der Waals surface area contributed by atoms with Crippen molar-refractivity contribution in [3.05, 3.63) is 16.1 Å². The Kier molecular flexibility index (Phi) is 7.12. The van der Waals surface area contributed by atoms with Gasteiger partial charge in [0.15, 0.2) is 5.96 Å². The summed E-state index contributed by atoms with van der Waals surface area (Å²) in [4.78, 5) is 8.84. The number of nitrogens with one attached hydrogen (secondary N) is 2. The first kappa shape index (κ1) is 17.2. The van der Waals surface area contributed by atoms with Crippen molar-refractivity contribution in [1.29, 1.82) is 0 Å². The molecule has 22 heavy (non-hydrogen) atoms. The molecule has 0 spiro atoms. The van der Waals surface area contributed by atoms with Crippen molar-refractivity contribution in [1.82, 2.24) is 15.6 Å². The molecule has 1 fully saturated rings. The molecule has 1 aromatic heterocycles. The van der Waals surface area contributed by atoms with Crippen LogP contribution in [0.25, 0.3) is 0 Å². The molecular formula is C16H28N4OS. The van der Waals surface area contributed by atoms with Crippen molar-refractivity contribution in [3.8, 4) is 0 Å². The first-order valence-corrected chi connectivity index (χ1v) is 9.03. The van der Waals surface area contributed by atoms with Crippen LogP contribution in [0.4, 0.5) is 0 Å². The number of hydrogen-bond donors (Lipinski definition) is 2. The smallest absolute Gasteiger partial charge is 0.191 e. The first-order chi connectivity index (χ1) is 10.7. The molecule has 1 aliphatic rings. The average molecular weight is 324 g/mol. The van der Waals surface area contributed by atoms with Gasteiger partial charge in [0.05, 0.1) is 17.2 Å². The monoisotopic (exact) mass is 324 g/mol. The highest BCUT2D eigenvalue weighted by Gasteiger charge is 2.20. The van der Waals surface area contributed by atoms with Gasteiger partial charge in [-0.3, -0.25) is 4.99 Å². The third-order valence-corrected chi connectivity index (χ3v) is 4.73. The minimum absolute atomic E-state index is 0.492. The van der Waals surface area contributed by atoms with E-state index in [9.17, 15) is 0 Å². The average Bonchev–Trinajstić information content (AvgIpc) is 3.20. The predicted octanol–water partition coefficient (Wildman–Crippen LogP) is 2.75. The molecule has 1 aromatic rings. The van der Waals surface area contributed by atoms with E-state index in [1.165, 1.54) is 17.8 Å². The summed E-state index contributed by atoms with van der Waals surface area (Å²) in [6.45, 7) is 7.68. The molecule has 0 saturated heterocycles. The maximum atomic E-state index is 5.62. The van der Waals surface area contributed by atoms with E-state index in [0.717, 1.165) is 43.8 Å². The van der Waals surface area contributed by atoms with E-state index in [0.29, 0.717) is 12.5 Å². The Bertz CT molecular complexity index is 468. The van der Waals surface area contributed by atoms with Gasteiger partial charge in [-0.15, -0.1) is 11.3 Å². The van der Waals surface area contributed by atoms with E-state index in [1.807, 2.05) is 0 Å². The second-order valence-corrected chi connectivity index (χ2v) is 6.95. The van der Waals surface area contributed by atoms with Crippen molar-refractivity contribution < 1.29 is 4.74 Å². The van der Waals surface area contributed by atoms with Crippen molar-refractivity contribution in [2.45, 2.75) is 45.6 Å². The number of nitrogens with zero attached hydrogens (tertiary/aromatic N) is 2. The van der Waals surface area contributed by atoms with Gasteiger partial charge in [-0.25, -0.2) is 4.98 Å². The van der Waals surface area contributed by atoms with Gasteiger partial charge in [0.1, 0.15) is 0 Å². The van der Waals surface area contributed by atoms with E-state index in [4.69, 9.17) is 4.74 Å². The number of aromatic nitrogens is 1. The van der Waals surface area contributed by atoms with Crippen molar-refractivity contribution in [3.63, 3.8) is 0 Å². The molecule has 1 aliphatic carbocycles. The lowest BCUT2D eigenvalue weighted by Crippen LogP contribution is -2.37. The van der Waals surface area contributed by atoms with Crippen LogP contribution in [0.1, 0.15) is 49.7 Å².